The molecule has 4 N–H and O–H groups in total. The van der Waals surface area contributed by atoms with Crippen LogP contribution in [-0.2, 0) is 9.59 Å². The molecule has 0 aliphatic carbocycles. The van der Waals surface area contributed by atoms with Gasteiger partial charge in [0.2, 0.25) is 11.8 Å². The molecule has 5 heteroatoms. The molecule has 0 aliphatic heterocycles. The first-order chi connectivity index (χ1) is 8.25. The van der Waals surface area contributed by atoms with Crippen molar-refractivity contribution in [1.82, 2.24) is 10.6 Å². The van der Waals surface area contributed by atoms with E-state index in [0.717, 1.165) is 12.8 Å². The van der Waals surface area contributed by atoms with E-state index in [0.29, 0.717) is 0 Å². The number of hydrogen-bond donors (Lipinski definition) is 3. The number of nitrogens with two attached hydrogens (primary N) is 1. The van der Waals surface area contributed by atoms with Crippen LogP contribution in [0.25, 0.3) is 0 Å². The second-order valence-corrected chi connectivity index (χ2v) is 5.30. The molecule has 0 unspecified atom stereocenters. The van der Waals surface area contributed by atoms with E-state index in [1.54, 1.807) is 0 Å². The summed E-state index contributed by atoms with van der Waals surface area (Å²) in [5.74, 6) is -0.398. The predicted octanol–water partition coefficient (Wildman–Crippen LogP) is 0.781. The summed E-state index contributed by atoms with van der Waals surface area (Å²) >= 11 is 0. The van der Waals surface area contributed by atoms with E-state index >= 15 is 0 Å². The van der Waals surface area contributed by atoms with E-state index < -0.39 is 6.04 Å². The van der Waals surface area contributed by atoms with Crippen LogP contribution in [0.15, 0.2) is 0 Å². The molecule has 18 heavy (non-hydrogen) atoms. The van der Waals surface area contributed by atoms with Crippen LogP contribution < -0.4 is 16.4 Å². The quantitative estimate of drug-likeness (QED) is 0.630. The lowest BCUT2D eigenvalue weighted by Gasteiger charge is -2.28. The molecule has 0 saturated carbocycles. The van der Waals surface area contributed by atoms with Crippen molar-refractivity contribution in [2.75, 3.05) is 6.54 Å². The third kappa shape index (κ3) is 5.49. The van der Waals surface area contributed by atoms with Gasteiger partial charge in [0.1, 0.15) is 0 Å². The largest absolute Gasteiger partial charge is 0.349 e. The first-order valence-electron chi connectivity index (χ1n) is 6.60. The molecular weight excluding hydrogens is 230 g/mol. The Kier molecular flexibility index (Phi) is 6.91. The summed E-state index contributed by atoms with van der Waals surface area (Å²) in [6, 6.07) is -0.568. The fourth-order valence-corrected chi connectivity index (χ4v) is 1.40. The third-order valence-corrected chi connectivity index (χ3v) is 3.45. The van der Waals surface area contributed by atoms with Gasteiger partial charge in [0.25, 0.3) is 0 Å². The van der Waals surface area contributed by atoms with Crippen molar-refractivity contribution in [3.8, 4) is 0 Å². The van der Waals surface area contributed by atoms with Gasteiger partial charge in [-0.2, -0.15) is 0 Å². The van der Waals surface area contributed by atoms with Crippen molar-refractivity contribution < 1.29 is 9.59 Å². The van der Waals surface area contributed by atoms with E-state index in [4.69, 9.17) is 5.73 Å². The van der Waals surface area contributed by atoms with E-state index in [2.05, 4.69) is 10.6 Å². The second kappa shape index (κ2) is 7.36. The molecule has 0 bridgehead atoms. The van der Waals surface area contributed by atoms with Crippen LogP contribution in [0.1, 0.15) is 47.5 Å². The van der Waals surface area contributed by atoms with Gasteiger partial charge in [0, 0.05) is 5.54 Å². The van der Waals surface area contributed by atoms with Crippen LogP contribution in [0.5, 0.6) is 0 Å². The molecule has 5 nitrogen and oxygen atoms in total. The molecule has 0 heterocycles. The zero-order chi connectivity index (χ0) is 14.3. The molecule has 0 saturated heterocycles. The third-order valence-electron chi connectivity index (χ3n) is 3.45. The summed E-state index contributed by atoms with van der Waals surface area (Å²) in [6.45, 7) is 9.76. The van der Waals surface area contributed by atoms with Gasteiger partial charge < -0.3 is 16.4 Å². The number of carbonyl (C=O) groups is 2. The predicted molar refractivity (Wildman–Crippen MR) is 73.0 cm³/mol. The van der Waals surface area contributed by atoms with Gasteiger partial charge in [0.05, 0.1) is 12.6 Å². The summed E-state index contributed by atoms with van der Waals surface area (Å²) in [4.78, 5) is 23.3. The Bertz CT molecular complexity index is 286. The Labute approximate surface area is 110 Å². The Morgan fingerprint density at radius 1 is 1.22 bits per heavy atom. The molecule has 1 atom stereocenters. The Hall–Kier alpha value is -1.10. The maximum absolute atomic E-state index is 11.7. The molecule has 0 aromatic heterocycles. The zero-order valence-electron chi connectivity index (χ0n) is 12.2. The highest BCUT2D eigenvalue weighted by Gasteiger charge is 2.23. The Balaban J connectivity index is 4.16. The average molecular weight is 257 g/mol. The highest BCUT2D eigenvalue weighted by atomic mass is 16.2. The summed E-state index contributed by atoms with van der Waals surface area (Å²) in [6.07, 6.45) is 1.71. The highest BCUT2D eigenvalue weighted by molar-refractivity contribution is 5.87. The molecule has 0 aliphatic rings. The fourth-order valence-electron chi connectivity index (χ4n) is 1.40. The lowest BCUT2D eigenvalue weighted by atomic mass is 9.95. The Morgan fingerprint density at radius 3 is 2.11 bits per heavy atom. The van der Waals surface area contributed by atoms with Crippen molar-refractivity contribution >= 4 is 11.8 Å². The standard InChI is InChI=1S/C13H27N3O2/c1-6-13(5,7-2)16-10(17)8-15-12(18)11(14)9(3)4/h9,11H,6-8,14H2,1-5H3,(H,15,18)(H,16,17)/t11-/m0/s1. The maximum atomic E-state index is 11.7. The van der Waals surface area contributed by atoms with Crippen LogP contribution >= 0.6 is 0 Å². The van der Waals surface area contributed by atoms with Crippen LogP contribution in [0, 0.1) is 5.92 Å². The number of rotatable bonds is 7. The van der Waals surface area contributed by atoms with Crippen molar-refractivity contribution in [3.63, 3.8) is 0 Å². The Morgan fingerprint density at radius 2 is 1.72 bits per heavy atom. The first-order valence-corrected chi connectivity index (χ1v) is 6.60. The van der Waals surface area contributed by atoms with Gasteiger partial charge in [-0.25, -0.2) is 0 Å². The minimum absolute atomic E-state index is 0.0190. The molecule has 0 aromatic rings. The molecule has 0 spiro atoms. The molecule has 0 aromatic carbocycles. The zero-order valence-corrected chi connectivity index (χ0v) is 12.2. The van der Waals surface area contributed by atoms with Gasteiger partial charge in [0.15, 0.2) is 0 Å². The van der Waals surface area contributed by atoms with E-state index in [1.165, 1.54) is 0 Å². The van der Waals surface area contributed by atoms with E-state index in [1.807, 2.05) is 34.6 Å². The first kappa shape index (κ1) is 16.9. The lowest BCUT2D eigenvalue weighted by molar-refractivity contribution is -0.128. The number of carbonyl (C=O) groups excluding carboxylic acids is 2. The minimum atomic E-state index is -0.568. The van der Waals surface area contributed by atoms with Crippen LogP contribution in [0.4, 0.5) is 0 Å². The fraction of sp³-hybridized carbons (Fsp3) is 0.846. The lowest BCUT2D eigenvalue weighted by Crippen LogP contribution is -2.51. The second-order valence-electron chi connectivity index (χ2n) is 5.30. The molecule has 0 radical (unpaired) electrons. The monoisotopic (exact) mass is 257 g/mol. The molecule has 0 rings (SSSR count). The molecule has 106 valence electrons. The van der Waals surface area contributed by atoms with Gasteiger partial charge in [-0.3, -0.25) is 9.59 Å². The number of amides is 2. The minimum Gasteiger partial charge on any atom is -0.349 e. The number of nitrogens with one attached hydrogen (secondary N) is 2. The van der Waals surface area contributed by atoms with Crippen molar-refractivity contribution in [1.29, 1.82) is 0 Å². The highest BCUT2D eigenvalue weighted by Crippen LogP contribution is 2.12. The topological polar surface area (TPSA) is 84.2 Å². The van der Waals surface area contributed by atoms with E-state index in [-0.39, 0.29) is 29.8 Å². The summed E-state index contributed by atoms with van der Waals surface area (Å²) in [5, 5.41) is 5.48. The van der Waals surface area contributed by atoms with Crippen molar-refractivity contribution in [3.05, 3.63) is 0 Å². The van der Waals surface area contributed by atoms with Crippen molar-refractivity contribution in [2.24, 2.45) is 11.7 Å². The van der Waals surface area contributed by atoms with Crippen LogP contribution in [-0.4, -0.2) is 29.9 Å². The van der Waals surface area contributed by atoms with Gasteiger partial charge in [-0.05, 0) is 25.7 Å². The molecule has 2 amide bonds. The molecular formula is C13H27N3O2. The van der Waals surface area contributed by atoms with Crippen molar-refractivity contribution in [2.45, 2.75) is 59.0 Å². The smallest absolute Gasteiger partial charge is 0.239 e. The summed E-state index contributed by atoms with van der Waals surface area (Å²) < 4.78 is 0. The molecule has 0 fully saturated rings. The van der Waals surface area contributed by atoms with Crippen LogP contribution in [0.3, 0.4) is 0 Å². The summed E-state index contributed by atoms with van der Waals surface area (Å²) in [5.41, 5.74) is 5.48. The summed E-state index contributed by atoms with van der Waals surface area (Å²) in [7, 11) is 0. The van der Waals surface area contributed by atoms with Gasteiger partial charge in [-0.1, -0.05) is 27.7 Å². The maximum Gasteiger partial charge on any atom is 0.239 e. The SMILES string of the molecule is CCC(C)(CC)NC(=O)CNC(=O)[C@@H](N)C(C)C. The van der Waals surface area contributed by atoms with Gasteiger partial charge >= 0.3 is 0 Å². The average Bonchev–Trinajstić information content (AvgIpc) is 2.34. The van der Waals surface area contributed by atoms with Gasteiger partial charge in [-0.15, -0.1) is 0 Å². The normalized spacial score (nSPS) is 13.3. The van der Waals surface area contributed by atoms with E-state index in [9.17, 15) is 9.59 Å². The number of hydrogen-bond acceptors (Lipinski definition) is 3. The van der Waals surface area contributed by atoms with Crippen LogP contribution in [0.2, 0.25) is 0 Å².